The lowest BCUT2D eigenvalue weighted by Crippen LogP contribution is -2.50. The fourth-order valence-corrected chi connectivity index (χ4v) is 1.86. The molecular formula is C12H21NO4. The van der Waals surface area contributed by atoms with E-state index >= 15 is 0 Å². The number of hydrogen-bond acceptors (Lipinski definition) is 3. The maximum Gasteiger partial charge on any atom is 0.408 e. The first-order valence-corrected chi connectivity index (χ1v) is 5.85. The maximum atomic E-state index is 11.7. The molecule has 0 aliphatic heterocycles. The largest absolute Gasteiger partial charge is 0.481 e. The molecule has 0 heterocycles. The summed E-state index contributed by atoms with van der Waals surface area (Å²) in [4.78, 5) is 22.5. The zero-order chi connectivity index (χ0) is 13.3. The highest BCUT2D eigenvalue weighted by Gasteiger charge is 2.44. The highest BCUT2D eigenvalue weighted by molar-refractivity contribution is 5.73. The fourth-order valence-electron chi connectivity index (χ4n) is 1.86. The zero-order valence-electron chi connectivity index (χ0n) is 10.9. The summed E-state index contributed by atoms with van der Waals surface area (Å²) in [6.45, 7) is 7.09. The molecule has 98 valence electrons. The molecule has 0 spiro atoms. The van der Waals surface area contributed by atoms with E-state index in [2.05, 4.69) is 5.32 Å². The molecule has 0 unspecified atom stereocenters. The van der Waals surface area contributed by atoms with Crippen molar-refractivity contribution in [2.75, 3.05) is 0 Å². The standard InChI is InChI=1S/C12H21NO4/c1-11(2,3)17-10(16)13-12(4,7-9(14)15)8-5-6-8/h8H,5-7H2,1-4H3,(H,13,16)(H,14,15)/t12-/m1/s1. The summed E-state index contributed by atoms with van der Waals surface area (Å²) in [5.74, 6) is -0.665. The molecule has 0 aromatic carbocycles. The third kappa shape index (κ3) is 4.63. The van der Waals surface area contributed by atoms with Crippen LogP contribution in [-0.4, -0.2) is 28.3 Å². The van der Waals surface area contributed by atoms with Crippen LogP contribution in [0.15, 0.2) is 0 Å². The second kappa shape index (κ2) is 4.55. The van der Waals surface area contributed by atoms with E-state index in [1.807, 2.05) is 0 Å². The minimum atomic E-state index is -0.907. The van der Waals surface area contributed by atoms with Gasteiger partial charge in [-0.15, -0.1) is 0 Å². The van der Waals surface area contributed by atoms with Gasteiger partial charge in [-0.1, -0.05) is 0 Å². The van der Waals surface area contributed by atoms with Crippen LogP contribution >= 0.6 is 0 Å². The van der Waals surface area contributed by atoms with Crippen molar-refractivity contribution < 1.29 is 19.4 Å². The molecule has 1 aliphatic rings. The first kappa shape index (κ1) is 13.8. The van der Waals surface area contributed by atoms with E-state index in [-0.39, 0.29) is 12.3 Å². The first-order chi connectivity index (χ1) is 7.62. The van der Waals surface area contributed by atoms with E-state index in [1.54, 1.807) is 27.7 Å². The van der Waals surface area contributed by atoms with Crippen LogP contribution in [0.2, 0.25) is 0 Å². The number of carboxylic acid groups (broad SMARTS) is 1. The summed E-state index contributed by atoms with van der Waals surface area (Å²) >= 11 is 0. The Kier molecular flexibility index (Phi) is 3.69. The third-order valence-electron chi connectivity index (χ3n) is 2.78. The number of ether oxygens (including phenoxy) is 1. The molecule has 5 heteroatoms. The lowest BCUT2D eigenvalue weighted by Gasteiger charge is -2.31. The Bertz CT molecular complexity index is 317. The Balaban J connectivity index is 2.61. The van der Waals surface area contributed by atoms with Crippen molar-refractivity contribution in [2.45, 2.75) is 58.1 Å². The molecular weight excluding hydrogens is 222 g/mol. The topological polar surface area (TPSA) is 75.6 Å². The summed E-state index contributed by atoms with van der Waals surface area (Å²) < 4.78 is 5.15. The summed E-state index contributed by atoms with van der Waals surface area (Å²) in [5.41, 5.74) is -1.27. The van der Waals surface area contributed by atoms with Gasteiger partial charge < -0.3 is 15.2 Å². The Morgan fingerprint density at radius 3 is 2.18 bits per heavy atom. The van der Waals surface area contributed by atoms with Crippen LogP contribution in [0.5, 0.6) is 0 Å². The van der Waals surface area contributed by atoms with Gasteiger partial charge in [0.05, 0.1) is 12.0 Å². The summed E-state index contributed by atoms with van der Waals surface area (Å²) in [6, 6.07) is 0. The highest BCUT2D eigenvalue weighted by atomic mass is 16.6. The van der Waals surface area contributed by atoms with Crippen LogP contribution in [0.25, 0.3) is 0 Å². The van der Waals surface area contributed by atoms with E-state index in [1.165, 1.54) is 0 Å². The molecule has 0 bridgehead atoms. The maximum absolute atomic E-state index is 11.7. The van der Waals surface area contributed by atoms with Gasteiger partial charge >= 0.3 is 12.1 Å². The third-order valence-corrected chi connectivity index (χ3v) is 2.78. The zero-order valence-corrected chi connectivity index (χ0v) is 10.9. The van der Waals surface area contributed by atoms with Gasteiger partial charge in [0.2, 0.25) is 0 Å². The van der Waals surface area contributed by atoms with E-state index < -0.39 is 23.2 Å². The quantitative estimate of drug-likeness (QED) is 0.793. The number of nitrogens with one attached hydrogen (secondary N) is 1. The predicted octanol–water partition coefficient (Wildman–Crippen LogP) is 2.15. The molecule has 0 aromatic rings. The SMILES string of the molecule is CC(C)(C)OC(=O)N[C@](C)(CC(=O)O)C1CC1. The molecule has 17 heavy (non-hydrogen) atoms. The van der Waals surface area contributed by atoms with Crippen molar-refractivity contribution in [3.63, 3.8) is 0 Å². The number of aliphatic carboxylic acids is 1. The van der Waals surface area contributed by atoms with Gasteiger partial charge in [0.25, 0.3) is 0 Å². The lowest BCUT2D eigenvalue weighted by molar-refractivity contribution is -0.138. The molecule has 1 fully saturated rings. The van der Waals surface area contributed by atoms with Crippen molar-refractivity contribution in [1.29, 1.82) is 0 Å². The average molecular weight is 243 g/mol. The number of alkyl carbamates (subject to hydrolysis) is 1. The lowest BCUT2D eigenvalue weighted by atomic mass is 9.92. The van der Waals surface area contributed by atoms with Crippen LogP contribution in [0, 0.1) is 5.92 Å². The van der Waals surface area contributed by atoms with E-state index in [0.717, 1.165) is 12.8 Å². The number of hydrogen-bond donors (Lipinski definition) is 2. The molecule has 0 aromatic heterocycles. The number of amides is 1. The summed E-state index contributed by atoms with van der Waals surface area (Å²) in [7, 11) is 0. The van der Waals surface area contributed by atoms with Gasteiger partial charge in [0.15, 0.2) is 0 Å². The van der Waals surface area contributed by atoms with E-state index in [9.17, 15) is 9.59 Å². The molecule has 0 radical (unpaired) electrons. The molecule has 5 nitrogen and oxygen atoms in total. The van der Waals surface area contributed by atoms with Gasteiger partial charge in [-0.3, -0.25) is 4.79 Å². The van der Waals surface area contributed by atoms with Gasteiger partial charge in [0.1, 0.15) is 5.60 Å². The monoisotopic (exact) mass is 243 g/mol. The second-order valence-corrected chi connectivity index (χ2v) is 5.89. The molecule has 1 saturated carbocycles. The van der Waals surface area contributed by atoms with E-state index in [4.69, 9.17) is 9.84 Å². The molecule has 1 rings (SSSR count). The van der Waals surface area contributed by atoms with Gasteiger partial charge in [0, 0.05) is 0 Å². The summed E-state index contributed by atoms with van der Waals surface area (Å²) in [6.07, 6.45) is 1.30. The highest BCUT2D eigenvalue weighted by Crippen LogP contribution is 2.41. The Hall–Kier alpha value is -1.26. The molecule has 1 amide bonds. The Morgan fingerprint density at radius 1 is 1.29 bits per heavy atom. The minimum Gasteiger partial charge on any atom is -0.481 e. The van der Waals surface area contributed by atoms with Crippen molar-refractivity contribution in [1.82, 2.24) is 5.32 Å². The smallest absolute Gasteiger partial charge is 0.408 e. The van der Waals surface area contributed by atoms with Gasteiger partial charge in [-0.05, 0) is 46.5 Å². The fraction of sp³-hybridized carbons (Fsp3) is 0.833. The normalized spacial score (nSPS) is 19.3. The minimum absolute atomic E-state index is 0.0725. The van der Waals surface area contributed by atoms with Gasteiger partial charge in [-0.25, -0.2) is 4.79 Å². The van der Waals surface area contributed by atoms with Crippen molar-refractivity contribution in [3.05, 3.63) is 0 Å². The Labute approximate surface area is 102 Å². The number of carbonyl (C=O) groups is 2. The van der Waals surface area contributed by atoms with E-state index in [0.29, 0.717) is 0 Å². The van der Waals surface area contributed by atoms with Crippen molar-refractivity contribution in [3.8, 4) is 0 Å². The van der Waals surface area contributed by atoms with Crippen LogP contribution in [0.3, 0.4) is 0 Å². The number of carbonyl (C=O) groups excluding carboxylic acids is 1. The van der Waals surface area contributed by atoms with Crippen LogP contribution in [-0.2, 0) is 9.53 Å². The number of carboxylic acids is 1. The van der Waals surface area contributed by atoms with Crippen molar-refractivity contribution >= 4 is 12.1 Å². The first-order valence-electron chi connectivity index (χ1n) is 5.85. The molecule has 2 N–H and O–H groups in total. The second-order valence-electron chi connectivity index (χ2n) is 5.89. The summed E-state index contributed by atoms with van der Waals surface area (Å²) in [5, 5.41) is 11.6. The molecule has 1 atom stereocenters. The van der Waals surface area contributed by atoms with Gasteiger partial charge in [-0.2, -0.15) is 0 Å². The van der Waals surface area contributed by atoms with Crippen LogP contribution in [0.1, 0.15) is 47.0 Å². The molecule has 0 saturated heterocycles. The Morgan fingerprint density at radius 2 is 1.82 bits per heavy atom. The molecule has 1 aliphatic carbocycles. The average Bonchev–Trinajstić information content (AvgIpc) is 2.77. The predicted molar refractivity (Wildman–Crippen MR) is 62.8 cm³/mol. The van der Waals surface area contributed by atoms with Crippen molar-refractivity contribution in [2.24, 2.45) is 5.92 Å². The van der Waals surface area contributed by atoms with Crippen LogP contribution in [0.4, 0.5) is 4.79 Å². The number of rotatable bonds is 4. The van der Waals surface area contributed by atoms with Crippen LogP contribution < -0.4 is 5.32 Å².